The van der Waals surface area contributed by atoms with E-state index in [0.29, 0.717) is 5.92 Å². The third-order valence-electron chi connectivity index (χ3n) is 5.94. The van der Waals surface area contributed by atoms with E-state index in [2.05, 4.69) is 33.3 Å². The van der Waals surface area contributed by atoms with Crippen molar-refractivity contribution in [1.29, 1.82) is 0 Å². The van der Waals surface area contributed by atoms with Crippen molar-refractivity contribution in [2.45, 2.75) is 52.1 Å². The maximum absolute atomic E-state index is 12.2. The van der Waals surface area contributed by atoms with Crippen LogP contribution in [0.3, 0.4) is 0 Å². The van der Waals surface area contributed by atoms with Gasteiger partial charge in [-0.3, -0.25) is 14.6 Å². The summed E-state index contributed by atoms with van der Waals surface area (Å²) in [6, 6.07) is 0. The average Bonchev–Trinajstić information content (AvgIpc) is 3.38. The summed E-state index contributed by atoms with van der Waals surface area (Å²) in [5, 5.41) is 7.78. The highest BCUT2D eigenvalue weighted by Crippen LogP contribution is 2.26. The van der Waals surface area contributed by atoms with Crippen LogP contribution in [-0.4, -0.2) is 101 Å². The van der Waals surface area contributed by atoms with Crippen molar-refractivity contribution < 1.29 is 9.53 Å². The van der Waals surface area contributed by atoms with Crippen LogP contribution in [0, 0.1) is 0 Å². The molecule has 3 rings (SSSR count). The Bertz CT molecular complexity index is 769. The van der Waals surface area contributed by atoms with Crippen LogP contribution in [0.4, 0.5) is 4.79 Å². The summed E-state index contributed by atoms with van der Waals surface area (Å²) in [5.74, 6) is 1.54. The van der Waals surface area contributed by atoms with Crippen molar-refractivity contribution >= 4 is 36.0 Å². The number of carbonyl (C=O) groups excluding carboxylic acids is 1. The van der Waals surface area contributed by atoms with Gasteiger partial charge in [0, 0.05) is 78.1 Å². The van der Waals surface area contributed by atoms with Crippen LogP contribution in [0.5, 0.6) is 0 Å². The normalized spacial score (nSPS) is 20.0. The highest BCUT2D eigenvalue weighted by atomic mass is 127. The smallest absolute Gasteiger partial charge is 0.410 e. The first kappa shape index (κ1) is 27.7. The summed E-state index contributed by atoms with van der Waals surface area (Å²) in [6.45, 7) is 15.8. The Morgan fingerprint density at radius 3 is 2.55 bits per heavy atom. The molecule has 1 aromatic heterocycles. The lowest BCUT2D eigenvalue weighted by molar-refractivity contribution is 0.0145. The molecule has 33 heavy (non-hydrogen) atoms. The summed E-state index contributed by atoms with van der Waals surface area (Å²) in [7, 11) is 1.97. The van der Waals surface area contributed by atoms with Crippen LogP contribution in [0.1, 0.15) is 52.0 Å². The molecule has 0 aliphatic carbocycles. The van der Waals surface area contributed by atoms with Gasteiger partial charge in [0.2, 0.25) is 0 Å². The first-order valence-electron chi connectivity index (χ1n) is 12.0. The molecule has 0 spiro atoms. The summed E-state index contributed by atoms with van der Waals surface area (Å²) < 4.78 is 7.36. The molecule has 1 unspecified atom stereocenters. The third kappa shape index (κ3) is 8.62. The van der Waals surface area contributed by atoms with Gasteiger partial charge in [0.05, 0.1) is 6.20 Å². The number of nitrogens with zero attached hydrogens (tertiary/aromatic N) is 6. The van der Waals surface area contributed by atoms with Crippen LogP contribution in [-0.2, 0) is 11.8 Å². The standard InChI is InChI=1S/C23H41N7O2.HI/c1-6-24-21(30-11-8-19(18-30)20-16-26-27(5)17-20)25-9-7-10-28-12-14-29(15-13-28)22(31)32-23(2,3)4;/h16-17,19H,6-15,18H2,1-5H3,(H,24,25);1H. The molecule has 2 fully saturated rings. The molecule has 9 nitrogen and oxygen atoms in total. The minimum atomic E-state index is -0.441. The van der Waals surface area contributed by atoms with E-state index in [1.54, 1.807) is 0 Å². The highest BCUT2D eigenvalue weighted by Gasteiger charge is 2.27. The number of guanidine groups is 1. The van der Waals surface area contributed by atoms with Gasteiger partial charge in [-0.15, -0.1) is 24.0 Å². The molecule has 0 bridgehead atoms. The van der Waals surface area contributed by atoms with Gasteiger partial charge < -0.3 is 19.9 Å². The number of nitrogens with one attached hydrogen (secondary N) is 1. The average molecular weight is 576 g/mol. The number of aliphatic imine (C=N–C) groups is 1. The van der Waals surface area contributed by atoms with Crippen molar-refractivity contribution in [3.63, 3.8) is 0 Å². The zero-order chi connectivity index (χ0) is 23.1. The van der Waals surface area contributed by atoms with E-state index < -0.39 is 5.60 Å². The number of hydrogen-bond acceptors (Lipinski definition) is 5. The SMILES string of the molecule is CCNC(=NCCCN1CCN(C(=O)OC(C)(C)C)CC1)N1CCC(c2cnn(C)c2)C1.I. The maximum Gasteiger partial charge on any atom is 0.410 e. The van der Waals surface area contributed by atoms with Crippen LogP contribution in [0.15, 0.2) is 17.4 Å². The van der Waals surface area contributed by atoms with E-state index in [1.165, 1.54) is 5.56 Å². The van der Waals surface area contributed by atoms with Gasteiger partial charge in [-0.25, -0.2) is 4.79 Å². The van der Waals surface area contributed by atoms with Gasteiger partial charge in [-0.2, -0.15) is 5.10 Å². The second kappa shape index (κ2) is 12.8. The van der Waals surface area contributed by atoms with E-state index in [0.717, 1.165) is 77.7 Å². The largest absolute Gasteiger partial charge is 0.444 e. The number of ether oxygens (including phenoxy) is 1. The first-order valence-corrected chi connectivity index (χ1v) is 12.0. The molecule has 1 aromatic rings. The Hall–Kier alpha value is -1.56. The number of piperazine rings is 1. The van der Waals surface area contributed by atoms with Crippen LogP contribution in [0.2, 0.25) is 0 Å². The van der Waals surface area contributed by atoms with Gasteiger partial charge in [0.25, 0.3) is 0 Å². The number of hydrogen-bond donors (Lipinski definition) is 1. The lowest BCUT2D eigenvalue weighted by Gasteiger charge is -2.35. The van der Waals surface area contributed by atoms with E-state index in [4.69, 9.17) is 9.73 Å². The zero-order valence-electron chi connectivity index (χ0n) is 20.9. The number of likely N-dealkylation sites (tertiary alicyclic amines) is 1. The predicted octanol–water partition coefficient (Wildman–Crippen LogP) is 2.74. The Morgan fingerprint density at radius 2 is 1.94 bits per heavy atom. The summed E-state index contributed by atoms with van der Waals surface area (Å²) in [4.78, 5) is 23.7. The topological polar surface area (TPSA) is 78.2 Å². The van der Waals surface area contributed by atoms with E-state index in [9.17, 15) is 4.79 Å². The van der Waals surface area contributed by atoms with Crippen molar-refractivity contribution in [2.24, 2.45) is 12.0 Å². The van der Waals surface area contributed by atoms with Crippen molar-refractivity contribution in [3.8, 4) is 0 Å². The Balaban J connectivity index is 0.00000385. The Kier molecular flexibility index (Phi) is 10.7. The highest BCUT2D eigenvalue weighted by molar-refractivity contribution is 14.0. The van der Waals surface area contributed by atoms with Gasteiger partial charge in [-0.05, 0) is 46.1 Å². The van der Waals surface area contributed by atoms with Crippen molar-refractivity contribution in [2.75, 3.05) is 58.9 Å². The number of amides is 1. The van der Waals surface area contributed by atoms with Gasteiger partial charge in [0.15, 0.2) is 5.96 Å². The summed E-state index contributed by atoms with van der Waals surface area (Å²) >= 11 is 0. The second-order valence-electron chi connectivity index (χ2n) is 9.78. The molecule has 0 aromatic carbocycles. The number of rotatable bonds is 6. The molecule has 3 heterocycles. The number of carbonyl (C=O) groups is 1. The molecule has 1 atom stereocenters. The zero-order valence-corrected chi connectivity index (χ0v) is 23.2. The number of halogens is 1. The van der Waals surface area contributed by atoms with Crippen molar-refractivity contribution in [3.05, 3.63) is 18.0 Å². The molecule has 10 heteroatoms. The quantitative estimate of drug-likeness (QED) is 0.243. The van der Waals surface area contributed by atoms with Crippen LogP contribution >= 0.6 is 24.0 Å². The fourth-order valence-electron chi connectivity index (χ4n) is 4.26. The maximum atomic E-state index is 12.2. The molecular weight excluding hydrogens is 533 g/mol. The number of aryl methyl sites for hydroxylation is 1. The summed E-state index contributed by atoms with van der Waals surface area (Å²) in [6.07, 6.45) is 6.06. The monoisotopic (exact) mass is 575 g/mol. The van der Waals surface area contributed by atoms with E-state index in [-0.39, 0.29) is 30.1 Å². The molecule has 1 amide bonds. The van der Waals surface area contributed by atoms with Crippen LogP contribution in [0.25, 0.3) is 0 Å². The molecule has 0 saturated carbocycles. The molecule has 1 N–H and O–H groups in total. The second-order valence-corrected chi connectivity index (χ2v) is 9.78. The number of aromatic nitrogens is 2. The molecule has 2 aliphatic heterocycles. The molecule has 2 aliphatic rings. The fraction of sp³-hybridized carbons (Fsp3) is 0.783. The van der Waals surface area contributed by atoms with Gasteiger partial charge >= 0.3 is 6.09 Å². The van der Waals surface area contributed by atoms with E-state index in [1.807, 2.05) is 43.6 Å². The van der Waals surface area contributed by atoms with Crippen LogP contribution < -0.4 is 5.32 Å². The summed E-state index contributed by atoms with van der Waals surface area (Å²) in [5.41, 5.74) is 0.875. The van der Waals surface area contributed by atoms with E-state index >= 15 is 0 Å². The van der Waals surface area contributed by atoms with Gasteiger partial charge in [0.1, 0.15) is 5.60 Å². The Morgan fingerprint density at radius 1 is 1.21 bits per heavy atom. The lowest BCUT2D eigenvalue weighted by atomic mass is 10.0. The molecular formula is C23H42IN7O2. The molecule has 2 saturated heterocycles. The first-order chi connectivity index (χ1) is 15.2. The minimum Gasteiger partial charge on any atom is -0.444 e. The minimum absolute atomic E-state index is 0. The van der Waals surface area contributed by atoms with Gasteiger partial charge in [-0.1, -0.05) is 0 Å². The lowest BCUT2D eigenvalue weighted by Crippen LogP contribution is -2.50. The molecule has 188 valence electrons. The predicted molar refractivity (Wildman–Crippen MR) is 142 cm³/mol. The molecule has 0 radical (unpaired) electrons. The fourth-order valence-corrected chi connectivity index (χ4v) is 4.26. The Labute approximate surface area is 215 Å². The third-order valence-corrected chi connectivity index (χ3v) is 5.94. The van der Waals surface area contributed by atoms with Crippen molar-refractivity contribution in [1.82, 2.24) is 29.8 Å².